The van der Waals surface area contributed by atoms with Gasteiger partial charge in [0.1, 0.15) is 16.1 Å². The number of thioether (sulfide) groups is 2. The summed E-state index contributed by atoms with van der Waals surface area (Å²) in [6, 6.07) is 20.3. The molecule has 0 saturated heterocycles. The molecule has 3 aromatic rings. The van der Waals surface area contributed by atoms with Crippen molar-refractivity contribution in [1.29, 1.82) is 0 Å². The van der Waals surface area contributed by atoms with Crippen molar-refractivity contribution in [2.75, 3.05) is 0 Å². The average molecular weight is 623 g/mol. The normalized spacial score (nSPS) is 11.6. The molecule has 0 bridgehead atoms. The lowest BCUT2D eigenvalue weighted by Gasteiger charge is -2.10. The molecule has 42 heavy (non-hydrogen) atoms. The van der Waals surface area contributed by atoms with Crippen molar-refractivity contribution in [3.63, 3.8) is 0 Å². The summed E-state index contributed by atoms with van der Waals surface area (Å²) in [4.78, 5) is 25.1. The highest BCUT2D eigenvalue weighted by Crippen LogP contribution is 2.25. The molecule has 214 valence electrons. The second kappa shape index (κ2) is 14.8. The maximum Gasteiger partial charge on any atom is 0.190 e. The van der Waals surface area contributed by atoms with Crippen LogP contribution in [0.2, 0.25) is 39.3 Å². The molecule has 0 radical (unpaired) electrons. The summed E-state index contributed by atoms with van der Waals surface area (Å²) >= 11 is 2.48. The van der Waals surface area contributed by atoms with Gasteiger partial charge in [-0.05, 0) is 58.7 Å². The summed E-state index contributed by atoms with van der Waals surface area (Å²) < 4.78 is 0. The van der Waals surface area contributed by atoms with Crippen LogP contribution in [-0.4, -0.2) is 26.4 Å². The van der Waals surface area contributed by atoms with Crippen LogP contribution in [0.15, 0.2) is 70.5 Å². The minimum absolute atomic E-state index is 0.0682. The highest BCUT2D eigenvalue weighted by molar-refractivity contribution is 8.13. The molecule has 0 aliphatic rings. The summed E-state index contributed by atoms with van der Waals surface area (Å²) in [5, 5.41) is 0.136. The first-order chi connectivity index (χ1) is 19.7. The van der Waals surface area contributed by atoms with Crippen LogP contribution in [-0.2, 0) is 9.59 Å². The fourth-order valence-corrected chi connectivity index (χ4v) is 6.07. The van der Waals surface area contributed by atoms with Gasteiger partial charge in [0, 0.05) is 34.8 Å². The third-order valence-electron chi connectivity index (χ3n) is 5.52. The van der Waals surface area contributed by atoms with Gasteiger partial charge in [0.2, 0.25) is 0 Å². The van der Waals surface area contributed by atoms with Gasteiger partial charge < -0.3 is 0 Å². The second-order valence-electron chi connectivity index (χ2n) is 12.0. The molecule has 0 aliphatic carbocycles. The molecule has 3 aromatic carbocycles. The van der Waals surface area contributed by atoms with Gasteiger partial charge in [0.05, 0.1) is 0 Å². The Labute approximate surface area is 262 Å². The van der Waals surface area contributed by atoms with Gasteiger partial charge in [0.25, 0.3) is 0 Å². The van der Waals surface area contributed by atoms with Crippen LogP contribution >= 0.6 is 23.5 Å². The van der Waals surface area contributed by atoms with E-state index in [1.54, 1.807) is 13.8 Å². The topological polar surface area (TPSA) is 34.1 Å². The van der Waals surface area contributed by atoms with E-state index >= 15 is 0 Å². The van der Waals surface area contributed by atoms with Crippen molar-refractivity contribution < 1.29 is 9.59 Å². The van der Waals surface area contributed by atoms with E-state index in [-0.39, 0.29) is 10.2 Å². The van der Waals surface area contributed by atoms with Crippen LogP contribution in [0, 0.1) is 22.9 Å². The van der Waals surface area contributed by atoms with Gasteiger partial charge in [-0.2, -0.15) is 0 Å². The molecule has 0 fully saturated rings. The van der Waals surface area contributed by atoms with E-state index in [0.717, 1.165) is 43.2 Å². The van der Waals surface area contributed by atoms with Gasteiger partial charge in [-0.15, -0.1) is 11.1 Å². The third kappa shape index (κ3) is 11.9. The molecule has 0 spiro atoms. The smallest absolute Gasteiger partial charge is 0.190 e. The maximum absolute atomic E-state index is 11.6. The Morgan fingerprint density at radius 3 is 1.31 bits per heavy atom. The molecule has 2 nitrogen and oxygen atoms in total. The number of hydrogen-bond acceptors (Lipinski definition) is 4. The van der Waals surface area contributed by atoms with E-state index in [0.29, 0.717) is 0 Å². The van der Waals surface area contributed by atoms with E-state index in [1.807, 2.05) is 48.5 Å². The molecule has 3 rings (SSSR count). The standard InChI is InChI=1S/C36H38O2S2Si2/c1-27(37)39-35-13-9-11-29(23-35)15-17-31-25-34(20-22-42(6,7)8)32(26-33(31)19-21-41(3,4)5)18-16-30-12-10-14-36(24-30)40-28(2)38/h9-18,23-26H,1-8H3/b17-15+,18-16+. The number of rotatable bonds is 6. The lowest BCUT2D eigenvalue weighted by atomic mass is 9.97. The Balaban J connectivity index is 2.15. The predicted molar refractivity (Wildman–Crippen MR) is 191 cm³/mol. The molecular formula is C36H38O2S2Si2. The van der Waals surface area contributed by atoms with Crippen molar-refractivity contribution in [2.24, 2.45) is 0 Å². The third-order valence-corrected chi connectivity index (χ3v) is 8.82. The number of hydrogen-bond donors (Lipinski definition) is 0. The molecule has 0 aromatic heterocycles. The van der Waals surface area contributed by atoms with Crippen LogP contribution < -0.4 is 0 Å². The van der Waals surface area contributed by atoms with Crippen LogP contribution in [0.1, 0.15) is 47.2 Å². The minimum atomic E-state index is -1.63. The molecule has 0 amide bonds. The van der Waals surface area contributed by atoms with E-state index in [1.165, 1.54) is 23.5 Å². The van der Waals surface area contributed by atoms with Gasteiger partial charge in [0.15, 0.2) is 10.2 Å². The fraction of sp³-hybridized carbons (Fsp3) is 0.222. The molecular weight excluding hydrogens is 585 g/mol. The van der Waals surface area contributed by atoms with Gasteiger partial charge in [-0.3, -0.25) is 9.59 Å². The Kier molecular flexibility index (Phi) is 11.7. The van der Waals surface area contributed by atoms with Crippen molar-refractivity contribution in [2.45, 2.75) is 62.9 Å². The van der Waals surface area contributed by atoms with E-state index < -0.39 is 16.1 Å². The van der Waals surface area contributed by atoms with Crippen molar-refractivity contribution in [1.82, 2.24) is 0 Å². The van der Waals surface area contributed by atoms with E-state index in [2.05, 4.69) is 98.6 Å². The molecule has 0 aliphatic heterocycles. The maximum atomic E-state index is 11.6. The molecule has 0 atom stereocenters. The summed E-state index contributed by atoms with van der Waals surface area (Å²) in [7, 11) is -3.25. The van der Waals surface area contributed by atoms with E-state index in [9.17, 15) is 9.59 Å². The van der Waals surface area contributed by atoms with Crippen molar-refractivity contribution in [3.8, 4) is 22.9 Å². The van der Waals surface area contributed by atoms with Crippen LogP contribution in [0.25, 0.3) is 24.3 Å². The van der Waals surface area contributed by atoms with Gasteiger partial charge in [-0.25, -0.2) is 0 Å². The van der Waals surface area contributed by atoms with Gasteiger partial charge in [-0.1, -0.05) is 123 Å². The quantitative estimate of drug-likeness (QED) is 0.119. The lowest BCUT2D eigenvalue weighted by Crippen LogP contribution is -2.16. The zero-order chi connectivity index (χ0) is 30.9. The number of benzene rings is 3. The van der Waals surface area contributed by atoms with Gasteiger partial charge >= 0.3 is 0 Å². The average Bonchev–Trinajstić information content (AvgIpc) is 2.87. The Hall–Kier alpha value is -3.27. The van der Waals surface area contributed by atoms with Crippen LogP contribution in [0.5, 0.6) is 0 Å². The Morgan fingerprint density at radius 1 is 0.595 bits per heavy atom. The van der Waals surface area contributed by atoms with Crippen LogP contribution in [0.3, 0.4) is 0 Å². The SMILES string of the molecule is CC(=O)Sc1cccc(/C=C/c2cc(C#C[Si](C)(C)C)c(/C=C/c3cccc(SC(C)=O)c3)cc2C#C[Si](C)(C)C)c1. The lowest BCUT2D eigenvalue weighted by molar-refractivity contribution is -0.109. The first kappa shape index (κ1) is 33.2. The second-order valence-corrected chi connectivity index (χ2v) is 24.0. The predicted octanol–water partition coefficient (Wildman–Crippen LogP) is 9.76. The largest absolute Gasteiger partial charge is 0.287 e. The molecule has 0 unspecified atom stereocenters. The molecule has 0 N–H and O–H groups in total. The first-order valence-electron chi connectivity index (χ1n) is 13.8. The summed E-state index contributed by atoms with van der Waals surface area (Å²) in [6.07, 6.45) is 8.34. The Morgan fingerprint density at radius 2 is 0.976 bits per heavy atom. The fourth-order valence-electron chi connectivity index (χ4n) is 3.70. The zero-order valence-electron chi connectivity index (χ0n) is 25.7. The molecule has 0 saturated carbocycles. The monoisotopic (exact) mass is 622 g/mol. The minimum Gasteiger partial charge on any atom is -0.287 e. The summed E-state index contributed by atoms with van der Waals surface area (Å²) in [5.41, 5.74) is 13.1. The highest BCUT2D eigenvalue weighted by Gasteiger charge is 2.11. The van der Waals surface area contributed by atoms with Crippen molar-refractivity contribution in [3.05, 3.63) is 94.0 Å². The highest BCUT2D eigenvalue weighted by atomic mass is 32.2. The first-order valence-corrected chi connectivity index (χ1v) is 22.5. The van der Waals surface area contributed by atoms with Crippen molar-refractivity contribution >= 4 is 74.2 Å². The van der Waals surface area contributed by atoms with Crippen LogP contribution in [0.4, 0.5) is 0 Å². The number of carbonyl (C=O) groups is 2. The Bertz CT molecular complexity index is 1540. The molecule has 6 heteroatoms. The zero-order valence-corrected chi connectivity index (χ0v) is 29.3. The number of carbonyl (C=O) groups excluding carboxylic acids is 2. The molecule has 0 heterocycles. The summed E-state index contributed by atoms with van der Waals surface area (Å²) in [6.45, 7) is 16.6. The van der Waals surface area contributed by atoms with E-state index in [4.69, 9.17) is 0 Å². The summed E-state index contributed by atoms with van der Waals surface area (Å²) in [5.74, 6) is 6.99.